The molecule has 0 spiro atoms. The van der Waals surface area contributed by atoms with Gasteiger partial charge in [-0.25, -0.2) is 4.98 Å². The number of anilines is 1. The second kappa shape index (κ2) is 6.63. The summed E-state index contributed by atoms with van der Waals surface area (Å²) in [5.41, 5.74) is 1.24. The van der Waals surface area contributed by atoms with Crippen molar-refractivity contribution in [2.24, 2.45) is 0 Å². The highest BCUT2D eigenvalue weighted by molar-refractivity contribution is 5.51. The summed E-state index contributed by atoms with van der Waals surface area (Å²) in [5.74, 6) is 1.96. The fourth-order valence-corrected chi connectivity index (χ4v) is 2.59. The standard InChI is InChI=1S/C16H22N4O/c1-14-18-7-10-19(14)11-12-21-16-4-2-3-15(13-16)20-8-5-17-6-9-20/h2-4,7,10,13,17H,5-6,8-9,11-12H2,1H3. The molecule has 1 aliphatic heterocycles. The minimum absolute atomic E-state index is 0.655. The van der Waals surface area contributed by atoms with Gasteiger partial charge < -0.3 is 19.5 Å². The van der Waals surface area contributed by atoms with E-state index in [9.17, 15) is 0 Å². The molecule has 0 unspecified atom stereocenters. The molecular weight excluding hydrogens is 264 g/mol. The summed E-state index contributed by atoms with van der Waals surface area (Å²) >= 11 is 0. The van der Waals surface area contributed by atoms with Gasteiger partial charge in [-0.3, -0.25) is 0 Å². The average molecular weight is 286 g/mol. The van der Waals surface area contributed by atoms with E-state index in [1.54, 1.807) is 0 Å². The second-order valence-electron chi connectivity index (χ2n) is 5.25. The first kappa shape index (κ1) is 13.9. The van der Waals surface area contributed by atoms with Gasteiger partial charge in [0.25, 0.3) is 0 Å². The zero-order chi connectivity index (χ0) is 14.5. The lowest BCUT2D eigenvalue weighted by Crippen LogP contribution is -2.43. The largest absolute Gasteiger partial charge is 0.492 e. The summed E-state index contributed by atoms with van der Waals surface area (Å²) < 4.78 is 7.97. The first-order valence-corrected chi connectivity index (χ1v) is 7.49. The molecule has 1 N–H and O–H groups in total. The van der Waals surface area contributed by atoms with E-state index < -0.39 is 0 Å². The van der Waals surface area contributed by atoms with Crippen molar-refractivity contribution in [3.63, 3.8) is 0 Å². The van der Waals surface area contributed by atoms with Crippen molar-refractivity contribution in [2.75, 3.05) is 37.7 Å². The van der Waals surface area contributed by atoms with Crippen LogP contribution in [0.15, 0.2) is 36.7 Å². The molecule has 5 heteroatoms. The van der Waals surface area contributed by atoms with Crippen LogP contribution in [-0.4, -0.2) is 42.3 Å². The van der Waals surface area contributed by atoms with Crippen LogP contribution in [0.5, 0.6) is 5.75 Å². The molecule has 0 radical (unpaired) electrons. The van der Waals surface area contributed by atoms with E-state index >= 15 is 0 Å². The van der Waals surface area contributed by atoms with Crippen LogP contribution in [0.25, 0.3) is 0 Å². The van der Waals surface area contributed by atoms with Gasteiger partial charge in [0.05, 0.1) is 6.54 Å². The van der Waals surface area contributed by atoms with E-state index in [2.05, 4.69) is 38.0 Å². The van der Waals surface area contributed by atoms with Crippen molar-refractivity contribution in [1.82, 2.24) is 14.9 Å². The van der Waals surface area contributed by atoms with Crippen molar-refractivity contribution in [3.05, 3.63) is 42.5 Å². The van der Waals surface area contributed by atoms with E-state index in [0.29, 0.717) is 6.61 Å². The highest BCUT2D eigenvalue weighted by atomic mass is 16.5. The molecule has 1 aliphatic rings. The predicted octanol–water partition coefficient (Wildman–Crippen LogP) is 1.68. The highest BCUT2D eigenvalue weighted by Gasteiger charge is 2.10. The van der Waals surface area contributed by atoms with Crippen molar-refractivity contribution in [1.29, 1.82) is 0 Å². The Balaban J connectivity index is 1.57. The van der Waals surface area contributed by atoms with Crippen LogP contribution in [0.1, 0.15) is 5.82 Å². The molecule has 5 nitrogen and oxygen atoms in total. The third kappa shape index (κ3) is 3.55. The minimum Gasteiger partial charge on any atom is -0.492 e. The SMILES string of the molecule is Cc1nccn1CCOc1cccc(N2CCNCC2)c1. The van der Waals surface area contributed by atoms with Crippen LogP contribution in [0.3, 0.4) is 0 Å². The number of hydrogen-bond donors (Lipinski definition) is 1. The number of benzene rings is 1. The monoisotopic (exact) mass is 286 g/mol. The molecule has 0 saturated carbocycles. The van der Waals surface area contributed by atoms with Crippen LogP contribution in [-0.2, 0) is 6.54 Å². The third-order valence-electron chi connectivity index (χ3n) is 3.82. The van der Waals surface area contributed by atoms with Crippen molar-refractivity contribution in [2.45, 2.75) is 13.5 Å². The number of aryl methyl sites for hydroxylation is 1. The summed E-state index contributed by atoms with van der Waals surface area (Å²) in [6.07, 6.45) is 3.80. The minimum atomic E-state index is 0.655. The molecule has 0 aliphatic carbocycles. The lowest BCUT2D eigenvalue weighted by atomic mass is 10.2. The lowest BCUT2D eigenvalue weighted by molar-refractivity contribution is 0.297. The van der Waals surface area contributed by atoms with Crippen LogP contribution >= 0.6 is 0 Å². The van der Waals surface area contributed by atoms with Gasteiger partial charge in [-0.1, -0.05) is 6.07 Å². The number of nitrogens with zero attached hydrogens (tertiary/aromatic N) is 3. The molecule has 21 heavy (non-hydrogen) atoms. The Bertz CT molecular complexity index is 575. The Morgan fingerprint density at radius 1 is 1.29 bits per heavy atom. The van der Waals surface area contributed by atoms with Crippen LogP contribution in [0.4, 0.5) is 5.69 Å². The molecule has 0 bridgehead atoms. The number of piperazine rings is 1. The Hall–Kier alpha value is -2.01. The molecule has 1 fully saturated rings. The number of hydrogen-bond acceptors (Lipinski definition) is 4. The topological polar surface area (TPSA) is 42.3 Å². The van der Waals surface area contributed by atoms with Gasteiger partial charge >= 0.3 is 0 Å². The zero-order valence-electron chi connectivity index (χ0n) is 12.5. The first-order chi connectivity index (χ1) is 10.3. The Morgan fingerprint density at radius 3 is 2.90 bits per heavy atom. The molecule has 2 aromatic rings. The van der Waals surface area contributed by atoms with Gasteiger partial charge in [-0.2, -0.15) is 0 Å². The molecule has 1 saturated heterocycles. The molecule has 2 heterocycles. The van der Waals surface area contributed by atoms with E-state index in [0.717, 1.165) is 44.3 Å². The van der Waals surface area contributed by atoms with Gasteiger partial charge in [-0.15, -0.1) is 0 Å². The first-order valence-electron chi connectivity index (χ1n) is 7.49. The summed E-state index contributed by atoms with van der Waals surface area (Å²) in [4.78, 5) is 6.60. The summed E-state index contributed by atoms with van der Waals surface area (Å²) in [7, 11) is 0. The van der Waals surface area contributed by atoms with Crippen LogP contribution in [0.2, 0.25) is 0 Å². The summed E-state index contributed by atoms with van der Waals surface area (Å²) in [5, 5.41) is 3.37. The zero-order valence-corrected chi connectivity index (χ0v) is 12.5. The van der Waals surface area contributed by atoms with E-state index in [1.165, 1.54) is 5.69 Å². The highest BCUT2D eigenvalue weighted by Crippen LogP contribution is 2.21. The van der Waals surface area contributed by atoms with Crippen molar-refractivity contribution >= 4 is 5.69 Å². The number of imidazole rings is 1. The third-order valence-corrected chi connectivity index (χ3v) is 3.82. The Morgan fingerprint density at radius 2 is 2.14 bits per heavy atom. The smallest absolute Gasteiger partial charge is 0.121 e. The van der Waals surface area contributed by atoms with E-state index in [4.69, 9.17) is 4.74 Å². The fraction of sp³-hybridized carbons (Fsp3) is 0.438. The van der Waals surface area contributed by atoms with Gasteiger partial charge in [0.1, 0.15) is 18.2 Å². The number of ether oxygens (including phenoxy) is 1. The molecule has 112 valence electrons. The Kier molecular flexibility index (Phi) is 4.40. The van der Waals surface area contributed by atoms with E-state index in [-0.39, 0.29) is 0 Å². The van der Waals surface area contributed by atoms with Gasteiger partial charge in [-0.05, 0) is 19.1 Å². The molecule has 1 aromatic carbocycles. The van der Waals surface area contributed by atoms with Gasteiger partial charge in [0, 0.05) is 50.3 Å². The lowest BCUT2D eigenvalue weighted by Gasteiger charge is -2.29. The maximum atomic E-state index is 5.87. The second-order valence-corrected chi connectivity index (χ2v) is 5.25. The van der Waals surface area contributed by atoms with Crippen LogP contribution < -0.4 is 15.0 Å². The summed E-state index contributed by atoms with van der Waals surface area (Å²) in [6.45, 7) is 7.68. The Labute approximate surface area is 125 Å². The molecule has 0 amide bonds. The fourth-order valence-electron chi connectivity index (χ4n) is 2.59. The molecule has 1 aromatic heterocycles. The number of rotatable bonds is 5. The van der Waals surface area contributed by atoms with Crippen LogP contribution in [0, 0.1) is 6.92 Å². The maximum Gasteiger partial charge on any atom is 0.121 e. The van der Waals surface area contributed by atoms with Gasteiger partial charge in [0.2, 0.25) is 0 Å². The predicted molar refractivity (Wildman–Crippen MR) is 84.0 cm³/mol. The molecule has 0 atom stereocenters. The van der Waals surface area contributed by atoms with Gasteiger partial charge in [0.15, 0.2) is 0 Å². The molecular formula is C16H22N4O. The normalized spacial score (nSPS) is 15.2. The maximum absolute atomic E-state index is 5.87. The van der Waals surface area contributed by atoms with Crippen molar-refractivity contribution < 1.29 is 4.74 Å². The number of nitrogens with one attached hydrogen (secondary N) is 1. The van der Waals surface area contributed by atoms with Crippen molar-refractivity contribution in [3.8, 4) is 5.75 Å². The summed E-state index contributed by atoms with van der Waals surface area (Å²) in [6, 6.07) is 8.37. The molecule has 3 rings (SSSR count). The quantitative estimate of drug-likeness (QED) is 0.908. The number of aromatic nitrogens is 2. The van der Waals surface area contributed by atoms with E-state index in [1.807, 2.05) is 25.4 Å². The average Bonchev–Trinajstić information content (AvgIpc) is 2.94.